The van der Waals surface area contributed by atoms with Crippen LogP contribution in [-0.2, 0) is 6.54 Å². The number of carbonyl (C=O) groups is 1. The van der Waals surface area contributed by atoms with Gasteiger partial charge in [0.2, 0.25) is 0 Å². The molecule has 100 valence electrons. The van der Waals surface area contributed by atoms with Crippen molar-refractivity contribution in [2.75, 3.05) is 0 Å². The predicted octanol–water partition coefficient (Wildman–Crippen LogP) is 4.65. The van der Waals surface area contributed by atoms with Gasteiger partial charge in [0.25, 0.3) is 5.91 Å². The van der Waals surface area contributed by atoms with Crippen LogP contribution < -0.4 is 5.32 Å². The second-order valence-electron chi connectivity index (χ2n) is 3.99. The van der Waals surface area contributed by atoms with Crippen molar-refractivity contribution in [1.29, 1.82) is 0 Å². The number of thiophene rings is 1. The lowest BCUT2D eigenvalue weighted by Gasteiger charge is -2.05. The summed E-state index contributed by atoms with van der Waals surface area (Å²) in [6.07, 6.45) is 0. The second-order valence-corrected chi connectivity index (χ2v) is 7.27. The van der Waals surface area contributed by atoms with E-state index in [2.05, 4.69) is 37.2 Å². The Morgan fingerprint density at radius 1 is 1.37 bits per heavy atom. The Hall–Kier alpha value is -0.720. The molecular formula is C13H10Br2FNOS. The van der Waals surface area contributed by atoms with E-state index in [9.17, 15) is 9.18 Å². The normalized spacial score (nSPS) is 10.5. The molecule has 6 heteroatoms. The summed E-state index contributed by atoms with van der Waals surface area (Å²) in [5.41, 5.74) is 1.47. The standard InChI is InChI=1S/C13H10Br2FNOS/c1-7-4-11(19-12(7)15)13(18)17-6-8-5-9(14)2-3-10(8)16/h2-5H,6H2,1H3,(H,17,18). The Morgan fingerprint density at radius 2 is 2.11 bits per heavy atom. The zero-order chi connectivity index (χ0) is 14.0. The zero-order valence-electron chi connectivity index (χ0n) is 9.97. The van der Waals surface area contributed by atoms with Crippen molar-refractivity contribution in [3.05, 3.63) is 54.3 Å². The number of carbonyl (C=O) groups excluding carboxylic acids is 1. The van der Waals surface area contributed by atoms with E-state index in [4.69, 9.17) is 0 Å². The Morgan fingerprint density at radius 3 is 2.74 bits per heavy atom. The van der Waals surface area contributed by atoms with Gasteiger partial charge in [-0.15, -0.1) is 11.3 Å². The highest BCUT2D eigenvalue weighted by Crippen LogP contribution is 2.27. The highest BCUT2D eigenvalue weighted by molar-refractivity contribution is 9.11. The van der Waals surface area contributed by atoms with Crippen molar-refractivity contribution in [2.24, 2.45) is 0 Å². The molecule has 0 fully saturated rings. The third-order valence-electron chi connectivity index (χ3n) is 2.53. The monoisotopic (exact) mass is 405 g/mol. The summed E-state index contributed by atoms with van der Waals surface area (Å²) in [5.74, 6) is -0.523. The summed E-state index contributed by atoms with van der Waals surface area (Å²) in [7, 11) is 0. The molecule has 0 atom stereocenters. The maximum Gasteiger partial charge on any atom is 0.261 e. The molecule has 1 N–H and O–H groups in total. The largest absolute Gasteiger partial charge is 0.347 e. The summed E-state index contributed by atoms with van der Waals surface area (Å²) in [4.78, 5) is 12.5. The third kappa shape index (κ3) is 3.64. The fourth-order valence-electron chi connectivity index (χ4n) is 1.51. The number of benzene rings is 1. The van der Waals surface area contributed by atoms with E-state index < -0.39 is 0 Å². The van der Waals surface area contributed by atoms with Gasteiger partial charge in [-0.05, 0) is 52.7 Å². The van der Waals surface area contributed by atoms with Crippen LogP contribution >= 0.6 is 43.2 Å². The summed E-state index contributed by atoms with van der Waals surface area (Å²) in [6, 6.07) is 6.46. The average Bonchev–Trinajstić information content (AvgIpc) is 2.70. The molecule has 0 bridgehead atoms. The lowest BCUT2D eigenvalue weighted by atomic mass is 10.2. The maximum atomic E-state index is 13.5. The Bertz CT molecular complexity index is 608. The molecule has 1 amide bonds. The van der Waals surface area contributed by atoms with Gasteiger partial charge in [-0.2, -0.15) is 0 Å². The maximum absolute atomic E-state index is 13.5. The fraction of sp³-hybridized carbons (Fsp3) is 0.154. The molecule has 0 aliphatic rings. The Labute approximate surface area is 131 Å². The first-order chi connectivity index (χ1) is 8.97. The Balaban J connectivity index is 2.06. The molecule has 0 aliphatic heterocycles. The van der Waals surface area contributed by atoms with Gasteiger partial charge in [0.1, 0.15) is 5.82 Å². The molecule has 2 nitrogen and oxygen atoms in total. The first-order valence-electron chi connectivity index (χ1n) is 5.45. The van der Waals surface area contributed by atoms with Gasteiger partial charge < -0.3 is 5.32 Å². The van der Waals surface area contributed by atoms with E-state index in [1.54, 1.807) is 18.2 Å². The minimum Gasteiger partial charge on any atom is -0.347 e. The second kappa shape index (κ2) is 6.15. The van der Waals surface area contributed by atoms with E-state index in [0.717, 1.165) is 13.8 Å². The van der Waals surface area contributed by atoms with E-state index in [1.165, 1.54) is 17.4 Å². The molecule has 0 unspecified atom stereocenters. The number of aryl methyl sites for hydroxylation is 1. The summed E-state index contributed by atoms with van der Waals surface area (Å²) in [6.45, 7) is 2.09. The van der Waals surface area contributed by atoms with E-state index in [0.29, 0.717) is 10.4 Å². The number of halogens is 3. The summed E-state index contributed by atoms with van der Waals surface area (Å²) < 4.78 is 15.2. The van der Waals surface area contributed by atoms with Crippen molar-refractivity contribution in [2.45, 2.75) is 13.5 Å². The number of amides is 1. The average molecular weight is 407 g/mol. The number of nitrogens with one attached hydrogen (secondary N) is 1. The number of hydrogen-bond acceptors (Lipinski definition) is 2. The topological polar surface area (TPSA) is 29.1 Å². The molecule has 0 saturated heterocycles. The Kier molecular flexibility index (Phi) is 4.76. The molecular weight excluding hydrogens is 397 g/mol. The van der Waals surface area contributed by atoms with Crippen LogP contribution in [0.2, 0.25) is 0 Å². The van der Waals surface area contributed by atoms with Crippen molar-refractivity contribution in [1.82, 2.24) is 5.32 Å². The van der Waals surface area contributed by atoms with Crippen molar-refractivity contribution >= 4 is 49.1 Å². The van der Waals surface area contributed by atoms with Gasteiger partial charge in [-0.3, -0.25) is 4.79 Å². The van der Waals surface area contributed by atoms with Crippen LogP contribution in [0.1, 0.15) is 20.8 Å². The van der Waals surface area contributed by atoms with Crippen LogP contribution in [0.4, 0.5) is 4.39 Å². The van der Waals surface area contributed by atoms with Crippen LogP contribution in [0, 0.1) is 12.7 Å². The summed E-state index contributed by atoms with van der Waals surface area (Å²) in [5, 5.41) is 2.71. The minimum absolute atomic E-state index is 0.165. The first kappa shape index (κ1) is 14.7. The van der Waals surface area contributed by atoms with Gasteiger partial charge >= 0.3 is 0 Å². The fourth-order valence-corrected chi connectivity index (χ4v) is 3.37. The first-order valence-corrected chi connectivity index (χ1v) is 7.85. The molecule has 1 aromatic heterocycles. The van der Waals surface area contributed by atoms with E-state index in [1.807, 2.05) is 6.92 Å². The minimum atomic E-state index is -0.327. The molecule has 2 aromatic rings. The molecule has 1 aromatic carbocycles. The van der Waals surface area contributed by atoms with Crippen molar-refractivity contribution in [3.63, 3.8) is 0 Å². The SMILES string of the molecule is Cc1cc(C(=O)NCc2cc(Br)ccc2F)sc1Br. The van der Waals surface area contributed by atoms with Crippen molar-refractivity contribution < 1.29 is 9.18 Å². The van der Waals surface area contributed by atoms with E-state index >= 15 is 0 Å². The van der Waals surface area contributed by atoms with Crippen LogP contribution in [0.5, 0.6) is 0 Å². The third-order valence-corrected chi connectivity index (χ3v) is 5.16. The lowest BCUT2D eigenvalue weighted by Crippen LogP contribution is -2.22. The predicted molar refractivity (Wildman–Crippen MR) is 82.0 cm³/mol. The molecule has 0 saturated carbocycles. The van der Waals surface area contributed by atoms with Crippen molar-refractivity contribution in [3.8, 4) is 0 Å². The molecule has 19 heavy (non-hydrogen) atoms. The highest BCUT2D eigenvalue weighted by Gasteiger charge is 2.12. The van der Waals surface area contributed by atoms with Gasteiger partial charge in [0.15, 0.2) is 0 Å². The van der Waals surface area contributed by atoms with Gasteiger partial charge in [0, 0.05) is 16.6 Å². The zero-order valence-corrected chi connectivity index (χ0v) is 14.0. The molecule has 2 rings (SSSR count). The molecule has 0 spiro atoms. The molecule has 1 heterocycles. The molecule has 0 aliphatic carbocycles. The van der Waals surface area contributed by atoms with Crippen LogP contribution in [0.3, 0.4) is 0 Å². The van der Waals surface area contributed by atoms with E-state index in [-0.39, 0.29) is 18.3 Å². The molecule has 0 radical (unpaired) electrons. The van der Waals surface area contributed by atoms with Crippen LogP contribution in [-0.4, -0.2) is 5.91 Å². The highest BCUT2D eigenvalue weighted by atomic mass is 79.9. The van der Waals surface area contributed by atoms with Crippen LogP contribution in [0.25, 0.3) is 0 Å². The lowest BCUT2D eigenvalue weighted by molar-refractivity contribution is 0.0954. The number of hydrogen-bond donors (Lipinski definition) is 1. The van der Waals surface area contributed by atoms with Gasteiger partial charge in [-0.1, -0.05) is 15.9 Å². The smallest absolute Gasteiger partial charge is 0.261 e. The quantitative estimate of drug-likeness (QED) is 0.789. The van der Waals surface area contributed by atoms with Gasteiger partial charge in [-0.25, -0.2) is 4.39 Å². The van der Waals surface area contributed by atoms with Gasteiger partial charge in [0.05, 0.1) is 8.66 Å². The summed E-state index contributed by atoms with van der Waals surface area (Å²) >= 11 is 8.02. The number of rotatable bonds is 3. The van der Waals surface area contributed by atoms with Crippen LogP contribution in [0.15, 0.2) is 32.5 Å².